The van der Waals surface area contributed by atoms with Crippen molar-refractivity contribution >= 4 is 11.6 Å². The van der Waals surface area contributed by atoms with E-state index in [-0.39, 0.29) is 11.9 Å². The van der Waals surface area contributed by atoms with E-state index in [1.54, 1.807) is 31.6 Å². The Morgan fingerprint density at radius 3 is 2.60 bits per heavy atom. The molecule has 25 heavy (non-hydrogen) atoms. The fourth-order valence-electron chi connectivity index (χ4n) is 2.87. The van der Waals surface area contributed by atoms with Gasteiger partial charge in [-0.2, -0.15) is 0 Å². The highest BCUT2D eigenvalue weighted by molar-refractivity contribution is 5.98. The lowest BCUT2D eigenvalue weighted by Crippen LogP contribution is -2.51. The molecule has 0 spiro atoms. The van der Waals surface area contributed by atoms with Crippen LogP contribution in [0, 0.1) is 6.92 Å². The number of ether oxygens (including phenoxy) is 2. The Morgan fingerprint density at radius 1 is 1.24 bits per heavy atom. The van der Waals surface area contributed by atoms with Crippen LogP contribution in [0.15, 0.2) is 36.7 Å². The number of carbonyl (C=O) groups is 1. The molecule has 7 heteroatoms. The molecule has 1 amide bonds. The molecule has 0 radical (unpaired) electrons. The quantitative estimate of drug-likeness (QED) is 0.867. The summed E-state index contributed by atoms with van der Waals surface area (Å²) in [5.74, 6) is 0.504. The number of nitrogens with one attached hydrogen (secondary N) is 2. The van der Waals surface area contributed by atoms with Crippen LogP contribution in [0.2, 0.25) is 0 Å². The molecule has 1 fully saturated rings. The van der Waals surface area contributed by atoms with Gasteiger partial charge in [-0.05, 0) is 62.7 Å². The number of carbonyl (C=O) groups excluding carboxylic acids is 1. The molecule has 1 aliphatic heterocycles. The minimum absolute atomic E-state index is 0.111. The Morgan fingerprint density at radius 2 is 1.96 bits per heavy atom. The fraction of sp³-hybridized carbons (Fsp3) is 0.389. The van der Waals surface area contributed by atoms with E-state index in [0.29, 0.717) is 18.6 Å². The predicted molar refractivity (Wildman–Crippen MR) is 93.8 cm³/mol. The average Bonchev–Trinajstić information content (AvgIpc) is 2.65. The smallest absolute Gasteiger partial charge is 0.321 e. The molecule has 2 heterocycles. The van der Waals surface area contributed by atoms with Crippen LogP contribution < -0.4 is 15.4 Å². The van der Waals surface area contributed by atoms with Gasteiger partial charge in [0.25, 0.3) is 5.91 Å². The van der Waals surface area contributed by atoms with Crippen molar-refractivity contribution in [3.8, 4) is 11.8 Å². The molecule has 1 aromatic heterocycles. The minimum Gasteiger partial charge on any atom is -0.424 e. The van der Waals surface area contributed by atoms with Gasteiger partial charge in [0.2, 0.25) is 0 Å². The summed E-state index contributed by atoms with van der Waals surface area (Å²) in [5, 5.41) is 6.23. The zero-order valence-corrected chi connectivity index (χ0v) is 14.4. The van der Waals surface area contributed by atoms with Crippen LogP contribution in [0.5, 0.6) is 11.8 Å². The summed E-state index contributed by atoms with van der Waals surface area (Å²) in [5.41, 5.74) is 0.855. The Bertz CT molecular complexity index is 730. The van der Waals surface area contributed by atoms with Crippen LogP contribution in [0.4, 0.5) is 5.69 Å². The number of aryl methyl sites for hydroxylation is 1. The van der Waals surface area contributed by atoms with Crippen LogP contribution in [0.25, 0.3) is 0 Å². The van der Waals surface area contributed by atoms with Crippen molar-refractivity contribution in [3.05, 3.63) is 42.2 Å². The van der Waals surface area contributed by atoms with Crippen LogP contribution in [-0.2, 0) is 9.53 Å². The first-order valence-corrected chi connectivity index (χ1v) is 8.26. The second-order valence-corrected chi connectivity index (χ2v) is 6.01. The number of hydrogen-bond acceptors (Lipinski definition) is 6. The monoisotopic (exact) mass is 342 g/mol. The zero-order chi connectivity index (χ0) is 17.7. The van der Waals surface area contributed by atoms with Gasteiger partial charge in [-0.1, -0.05) is 0 Å². The van der Waals surface area contributed by atoms with E-state index in [4.69, 9.17) is 9.47 Å². The van der Waals surface area contributed by atoms with Crippen molar-refractivity contribution < 1.29 is 14.3 Å². The first-order chi connectivity index (χ1) is 12.1. The number of methoxy groups -OCH3 is 1. The maximum Gasteiger partial charge on any atom is 0.321 e. The normalized spacial score (nSPS) is 16.2. The molecule has 1 aliphatic rings. The van der Waals surface area contributed by atoms with Crippen LogP contribution in [0.3, 0.4) is 0 Å². The highest BCUT2D eigenvalue weighted by atomic mass is 16.5. The van der Waals surface area contributed by atoms with Gasteiger partial charge in [0.1, 0.15) is 11.4 Å². The van der Waals surface area contributed by atoms with Gasteiger partial charge in [-0.25, -0.2) is 9.97 Å². The number of amides is 1. The van der Waals surface area contributed by atoms with Gasteiger partial charge in [-0.3, -0.25) is 4.79 Å². The molecule has 2 aromatic rings. The number of rotatable bonds is 5. The summed E-state index contributed by atoms with van der Waals surface area (Å²) in [6, 6.07) is 7.44. The van der Waals surface area contributed by atoms with Gasteiger partial charge in [0.05, 0.1) is 0 Å². The molecule has 0 bridgehead atoms. The van der Waals surface area contributed by atoms with E-state index in [2.05, 4.69) is 20.6 Å². The van der Waals surface area contributed by atoms with Gasteiger partial charge in [0, 0.05) is 25.2 Å². The molecule has 1 saturated heterocycles. The van der Waals surface area contributed by atoms with E-state index in [9.17, 15) is 4.79 Å². The maximum absolute atomic E-state index is 12.7. The maximum atomic E-state index is 12.7. The van der Waals surface area contributed by atoms with E-state index >= 15 is 0 Å². The Labute approximate surface area is 146 Å². The predicted octanol–water partition coefficient (Wildman–Crippen LogP) is 2.28. The largest absolute Gasteiger partial charge is 0.424 e. The number of piperidine rings is 1. The Hall–Kier alpha value is -2.51. The van der Waals surface area contributed by atoms with E-state index in [1.807, 2.05) is 19.1 Å². The number of benzene rings is 1. The Balaban J connectivity index is 1.71. The molecule has 0 atom stereocenters. The second-order valence-electron chi connectivity index (χ2n) is 6.01. The van der Waals surface area contributed by atoms with Gasteiger partial charge in [0.15, 0.2) is 0 Å². The third-order valence-electron chi connectivity index (χ3n) is 4.41. The lowest BCUT2D eigenvalue weighted by Gasteiger charge is -2.34. The van der Waals surface area contributed by atoms with E-state index in [0.717, 1.165) is 24.3 Å². The third kappa shape index (κ3) is 3.94. The van der Waals surface area contributed by atoms with Crippen LogP contribution >= 0.6 is 0 Å². The molecule has 0 saturated carbocycles. The summed E-state index contributed by atoms with van der Waals surface area (Å²) in [7, 11) is 1.59. The summed E-state index contributed by atoms with van der Waals surface area (Å²) >= 11 is 0. The SMILES string of the molecule is COC1(C(=O)Nc2ccc(Oc3ncccn3)cc2C)CCNCC1. The molecular weight excluding hydrogens is 320 g/mol. The molecule has 3 rings (SSSR count). The first kappa shape index (κ1) is 17.3. The summed E-state index contributed by atoms with van der Waals surface area (Å²) < 4.78 is 11.2. The van der Waals surface area contributed by atoms with Crippen molar-refractivity contribution in [1.82, 2.24) is 15.3 Å². The highest BCUT2D eigenvalue weighted by Crippen LogP contribution is 2.28. The number of nitrogens with zero attached hydrogens (tertiary/aromatic N) is 2. The van der Waals surface area contributed by atoms with Crippen molar-refractivity contribution in [2.24, 2.45) is 0 Å². The number of aromatic nitrogens is 2. The molecule has 132 valence electrons. The van der Waals surface area contributed by atoms with Gasteiger partial charge < -0.3 is 20.1 Å². The van der Waals surface area contributed by atoms with Crippen LogP contribution in [-0.4, -0.2) is 41.7 Å². The Kier molecular flexibility index (Phi) is 5.25. The van der Waals surface area contributed by atoms with Crippen molar-refractivity contribution in [2.75, 3.05) is 25.5 Å². The topological polar surface area (TPSA) is 85.4 Å². The number of hydrogen-bond donors (Lipinski definition) is 2. The standard InChI is InChI=1S/C18H22N4O3/c1-13-12-14(25-17-20-8-3-9-21-17)4-5-15(13)22-16(23)18(24-2)6-10-19-11-7-18/h3-5,8-9,12,19H,6-7,10-11H2,1-2H3,(H,22,23). The molecule has 0 unspecified atom stereocenters. The van der Waals surface area contributed by atoms with Crippen molar-refractivity contribution in [3.63, 3.8) is 0 Å². The highest BCUT2D eigenvalue weighted by Gasteiger charge is 2.39. The third-order valence-corrected chi connectivity index (χ3v) is 4.41. The summed E-state index contributed by atoms with van der Waals surface area (Å²) in [4.78, 5) is 20.8. The summed E-state index contributed by atoms with van der Waals surface area (Å²) in [6.45, 7) is 3.45. The number of anilines is 1. The van der Waals surface area contributed by atoms with Crippen molar-refractivity contribution in [2.45, 2.75) is 25.4 Å². The first-order valence-electron chi connectivity index (χ1n) is 8.26. The molecule has 7 nitrogen and oxygen atoms in total. The second kappa shape index (κ2) is 7.58. The van der Waals surface area contributed by atoms with Crippen LogP contribution in [0.1, 0.15) is 18.4 Å². The molecule has 0 aliphatic carbocycles. The zero-order valence-electron chi connectivity index (χ0n) is 14.4. The molecular formula is C18H22N4O3. The lowest BCUT2D eigenvalue weighted by atomic mass is 9.91. The minimum atomic E-state index is -0.773. The van der Waals surface area contributed by atoms with Gasteiger partial charge >= 0.3 is 6.01 Å². The van der Waals surface area contributed by atoms with Crippen molar-refractivity contribution in [1.29, 1.82) is 0 Å². The summed E-state index contributed by atoms with van der Waals surface area (Å²) in [6.07, 6.45) is 4.54. The van der Waals surface area contributed by atoms with E-state index < -0.39 is 5.60 Å². The lowest BCUT2D eigenvalue weighted by molar-refractivity contribution is -0.140. The molecule has 1 aromatic carbocycles. The molecule has 2 N–H and O–H groups in total. The van der Waals surface area contributed by atoms with E-state index in [1.165, 1.54) is 0 Å². The fourth-order valence-corrected chi connectivity index (χ4v) is 2.87. The van der Waals surface area contributed by atoms with Gasteiger partial charge in [-0.15, -0.1) is 0 Å². The average molecular weight is 342 g/mol.